The number of imidazole rings is 1. The number of benzene rings is 3. The van der Waals surface area contributed by atoms with Crippen molar-refractivity contribution in [1.29, 1.82) is 0 Å². The Bertz CT molecular complexity index is 1390. The molecule has 0 saturated carbocycles. The van der Waals surface area contributed by atoms with Gasteiger partial charge in [0.2, 0.25) is 0 Å². The predicted molar refractivity (Wildman–Crippen MR) is 110 cm³/mol. The minimum Gasteiger partial charge on any atom is -0.454 e. The maximum absolute atomic E-state index is 13.5. The molecule has 6 nitrogen and oxygen atoms in total. The summed E-state index contributed by atoms with van der Waals surface area (Å²) in [7, 11) is 0. The van der Waals surface area contributed by atoms with Crippen LogP contribution in [0.3, 0.4) is 0 Å². The van der Waals surface area contributed by atoms with E-state index in [1.54, 1.807) is 42.5 Å². The lowest BCUT2D eigenvalue weighted by Gasteiger charge is -2.08. The van der Waals surface area contributed by atoms with Crippen LogP contribution in [0, 0.1) is 0 Å². The molecule has 2 heterocycles. The van der Waals surface area contributed by atoms with E-state index in [0.717, 1.165) is 10.1 Å². The molecule has 2 aromatic heterocycles. The number of aromatic nitrogens is 3. The molecule has 5 rings (SSSR count). The normalized spacial score (nSPS) is 11.5. The van der Waals surface area contributed by atoms with E-state index in [1.807, 2.05) is 30.3 Å². The van der Waals surface area contributed by atoms with Crippen LogP contribution < -0.4 is 0 Å². The van der Waals surface area contributed by atoms with Gasteiger partial charge in [-0.3, -0.25) is 4.57 Å². The second-order valence-corrected chi connectivity index (χ2v) is 6.85. The van der Waals surface area contributed by atoms with E-state index in [-0.39, 0.29) is 23.5 Å². The summed E-state index contributed by atoms with van der Waals surface area (Å²) in [6, 6.07) is 20.7. The Kier molecular flexibility index (Phi) is 4.66. The number of hydrogen-bond acceptors (Lipinski definition) is 5. The van der Waals surface area contributed by atoms with Crippen LogP contribution >= 0.6 is 0 Å². The Morgan fingerprint density at radius 3 is 2.58 bits per heavy atom. The summed E-state index contributed by atoms with van der Waals surface area (Å²) in [4.78, 5) is 16.8. The highest BCUT2D eigenvalue weighted by Gasteiger charge is 2.20. The third-order valence-electron chi connectivity index (χ3n) is 4.94. The SMILES string of the molecule is O=C(OCc1nc2ccccc2n1C(F)F)c1ccc2noc(-c3ccccc3)c2c1. The van der Waals surface area contributed by atoms with Gasteiger partial charge < -0.3 is 9.26 Å². The Labute approximate surface area is 174 Å². The molecule has 3 aromatic carbocycles. The Morgan fingerprint density at radius 2 is 1.77 bits per heavy atom. The standard InChI is InChI=1S/C23H15F2N3O3/c24-23(25)28-19-9-5-4-8-18(19)26-20(28)13-30-22(29)15-10-11-17-16(12-15)21(31-27-17)14-6-2-1-3-7-14/h1-12,23H,13H2. The molecule has 0 spiro atoms. The number of nitrogens with zero attached hydrogens (tertiary/aromatic N) is 3. The molecule has 0 amide bonds. The first kappa shape index (κ1) is 18.9. The molecule has 0 bridgehead atoms. The van der Waals surface area contributed by atoms with Gasteiger partial charge in [-0.2, -0.15) is 8.78 Å². The zero-order valence-electron chi connectivity index (χ0n) is 16.0. The fourth-order valence-electron chi connectivity index (χ4n) is 3.49. The van der Waals surface area contributed by atoms with Crippen molar-refractivity contribution in [2.45, 2.75) is 13.2 Å². The van der Waals surface area contributed by atoms with Gasteiger partial charge in [0.25, 0.3) is 0 Å². The lowest BCUT2D eigenvalue weighted by molar-refractivity contribution is 0.0387. The fraction of sp³-hybridized carbons (Fsp3) is 0.0870. The van der Waals surface area contributed by atoms with Gasteiger partial charge in [0, 0.05) is 5.56 Å². The molecule has 0 aliphatic heterocycles. The topological polar surface area (TPSA) is 70.2 Å². The molecule has 0 N–H and O–H groups in total. The van der Waals surface area contributed by atoms with Crippen molar-refractivity contribution in [3.05, 3.63) is 84.2 Å². The van der Waals surface area contributed by atoms with E-state index < -0.39 is 12.5 Å². The van der Waals surface area contributed by atoms with E-state index in [9.17, 15) is 13.6 Å². The summed E-state index contributed by atoms with van der Waals surface area (Å²) in [6.45, 7) is -3.19. The quantitative estimate of drug-likeness (QED) is 0.347. The number of carbonyl (C=O) groups is 1. The maximum atomic E-state index is 13.5. The predicted octanol–water partition coefficient (Wildman–Crippen LogP) is 5.60. The van der Waals surface area contributed by atoms with Crippen LogP contribution in [0.25, 0.3) is 33.3 Å². The molecule has 0 fully saturated rings. The zero-order chi connectivity index (χ0) is 21.4. The van der Waals surface area contributed by atoms with Gasteiger partial charge in [-0.05, 0) is 30.3 Å². The summed E-state index contributed by atoms with van der Waals surface area (Å²) >= 11 is 0. The number of alkyl halides is 2. The van der Waals surface area contributed by atoms with Gasteiger partial charge >= 0.3 is 12.5 Å². The van der Waals surface area contributed by atoms with Crippen molar-refractivity contribution in [3.63, 3.8) is 0 Å². The summed E-state index contributed by atoms with van der Waals surface area (Å²) in [6.07, 6.45) is 0. The molecule has 0 unspecified atom stereocenters. The average Bonchev–Trinajstić information content (AvgIpc) is 3.38. The molecule has 0 saturated heterocycles. The molecule has 0 aliphatic rings. The van der Waals surface area contributed by atoms with Gasteiger partial charge in [0.05, 0.1) is 22.0 Å². The summed E-state index contributed by atoms with van der Waals surface area (Å²) in [5, 5.41) is 4.67. The van der Waals surface area contributed by atoms with Crippen molar-refractivity contribution in [1.82, 2.24) is 14.7 Å². The van der Waals surface area contributed by atoms with Crippen LogP contribution in [0.4, 0.5) is 8.78 Å². The number of halogens is 2. The Morgan fingerprint density at radius 1 is 1.00 bits per heavy atom. The lowest BCUT2D eigenvalue weighted by Crippen LogP contribution is -2.10. The molecule has 31 heavy (non-hydrogen) atoms. The second-order valence-electron chi connectivity index (χ2n) is 6.85. The van der Waals surface area contributed by atoms with E-state index in [2.05, 4.69) is 10.1 Å². The van der Waals surface area contributed by atoms with Crippen LogP contribution in [0.15, 0.2) is 77.3 Å². The molecule has 0 atom stereocenters. The first-order valence-electron chi connectivity index (χ1n) is 9.48. The molecule has 5 aromatic rings. The van der Waals surface area contributed by atoms with Crippen LogP contribution in [-0.2, 0) is 11.3 Å². The highest BCUT2D eigenvalue weighted by Crippen LogP contribution is 2.29. The number of ether oxygens (including phenoxy) is 1. The summed E-state index contributed by atoms with van der Waals surface area (Å²) in [5.41, 5.74) is 2.36. The van der Waals surface area contributed by atoms with E-state index in [0.29, 0.717) is 22.2 Å². The van der Waals surface area contributed by atoms with Crippen molar-refractivity contribution in [3.8, 4) is 11.3 Å². The Hall–Kier alpha value is -4.07. The maximum Gasteiger partial charge on any atom is 0.338 e. The molecule has 8 heteroatoms. The number of hydrogen-bond donors (Lipinski definition) is 0. The summed E-state index contributed by atoms with van der Waals surface area (Å²) < 4.78 is 38.6. The van der Waals surface area contributed by atoms with Crippen molar-refractivity contribution < 1.29 is 22.8 Å². The van der Waals surface area contributed by atoms with E-state index in [4.69, 9.17) is 9.26 Å². The van der Waals surface area contributed by atoms with E-state index in [1.165, 1.54) is 0 Å². The average molecular weight is 419 g/mol. The first-order chi connectivity index (χ1) is 15.1. The highest BCUT2D eigenvalue weighted by atomic mass is 19.3. The molecule has 0 radical (unpaired) electrons. The third kappa shape index (κ3) is 3.42. The fourth-order valence-corrected chi connectivity index (χ4v) is 3.49. The molecule has 0 aliphatic carbocycles. The third-order valence-corrected chi connectivity index (χ3v) is 4.94. The molecular weight excluding hydrogens is 404 g/mol. The lowest BCUT2D eigenvalue weighted by atomic mass is 10.1. The first-order valence-corrected chi connectivity index (χ1v) is 9.48. The number of esters is 1. The largest absolute Gasteiger partial charge is 0.454 e. The number of fused-ring (bicyclic) bond motifs is 2. The number of rotatable bonds is 5. The van der Waals surface area contributed by atoms with Gasteiger partial charge in [-0.15, -0.1) is 0 Å². The van der Waals surface area contributed by atoms with Crippen LogP contribution in [0.2, 0.25) is 0 Å². The van der Waals surface area contributed by atoms with Gasteiger partial charge in [-0.1, -0.05) is 47.6 Å². The smallest absolute Gasteiger partial charge is 0.338 e. The van der Waals surface area contributed by atoms with E-state index >= 15 is 0 Å². The number of para-hydroxylation sites is 2. The number of carbonyl (C=O) groups excluding carboxylic acids is 1. The summed E-state index contributed by atoms with van der Waals surface area (Å²) in [5.74, 6) is -0.152. The van der Waals surface area contributed by atoms with Gasteiger partial charge in [0.1, 0.15) is 12.1 Å². The minimum atomic E-state index is -2.80. The zero-order valence-corrected chi connectivity index (χ0v) is 16.0. The Balaban J connectivity index is 1.43. The van der Waals surface area contributed by atoms with Crippen molar-refractivity contribution in [2.24, 2.45) is 0 Å². The molecular formula is C23H15F2N3O3. The van der Waals surface area contributed by atoms with Crippen LogP contribution in [0.5, 0.6) is 0 Å². The van der Waals surface area contributed by atoms with Crippen molar-refractivity contribution in [2.75, 3.05) is 0 Å². The van der Waals surface area contributed by atoms with Gasteiger partial charge in [0.15, 0.2) is 11.6 Å². The van der Waals surface area contributed by atoms with Crippen LogP contribution in [0.1, 0.15) is 22.7 Å². The highest BCUT2D eigenvalue weighted by molar-refractivity contribution is 5.98. The van der Waals surface area contributed by atoms with Crippen LogP contribution in [-0.4, -0.2) is 20.7 Å². The molecule has 154 valence electrons. The monoisotopic (exact) mass is 419 g/mol. The van der Waals surface area contributed by atoms with Gasteiger partial charge in [-0.25, -0.2) is 9.78 Å². The minimum absolute atomic E-state index is 0.0272. The van der Waals surface area contributed by atoms with Crippen molar-refractivity contribution >= 4 is 27.9 Å². The second kappa shape index (κ2) is 7.64.